The van der Waals surface area contributed by atoms with Crippen molar-refractivity contribution in [1.29, 1.82) is 0 Å². The minimum Gasteiger partial charge on any atom is -0.313 e. The van der Waals surface area contributed by atoms with Crippen LogP contribution in [0.25, 0.3) is 0 Å². The minimum atomic E-state index is -0.158. The predicted molar refractivity (Wildman–Crippen MR) is 87.3 cm³/mol. The molecule has 0 aliphatic carbocycles. The number of halogens is 1. The van der Waals surface area contributed by atoms with Gasteiger partial charge >= 0.3 is 0 Å². The van der Waals surface area contributed by atoms with Crippen LogP contribution in [0.3, 0.4) is 0 Å². The molecule has 0 aliphatic rings. The first-order valence-corrected chi connectivity index (χ1v) is 7.42. The van der Waals surface area contributed by atoms with E-state index in [-0.39, 0.29) is 11.9 Å². The fourth-order valence-corrected chi connectivity index (χ4v) is 2.99. The van der Waals surface area contributed by atoms with Crippen molar-refractivity contribution in [2.75, 3.05) is 7.05 Å². The summed E-state index contributed by atoms with van der Waals surface area (Å²) in [7, 11) is 1.97. The van der Waals surface area contributed by atoms with Crippen molar-refractivity contribution in [3.8, 4) is 0 Å². The second-order valence-electron chi connectivity index (χ2n) is 5.92. The lowest BCUT2D eigenvalue weighted by molar-refractivity contribution is 0.578. The zero-order valence-corrected chi connectivity index (χ0v) is 13.5. The summed E-state index contributed by atoms with van der Waals surface area (Å²) in [6.07, 6.45) is 0.908. The van der Waals surface area contributed by atoms with Crippen molar-refractivity contribution in [2.24, 2.45) is 0 Å². The summed E-state index contributed by atoms with van der Waals surface area (Å²) in [5.41, 5.74) is 7.16. The van der Waals surface area contributed by atoms with E-state index in [2.05, 4.69) is 37.4 Å². The zero-order valence-electron chi connectivity index (χ0n) is 13.5. The second-order valence-corrected chi connectivity index (χ2v) is 5.92. The maximum Gasteiger partial charge on any atom is 0.123 e. The molecular formula is C19H24FN. The van der Waals surface area contributed by atoms with Gasteiger partial charge < -0.3 is 5.32 Å². The third-order valence-electron chi connectivity index (χ3n) is 4.27. The summed E-state index contributed by atoms with van der Waals surface area (Å²) in [5, 5.41) is 3.38. The lowest BCUT2D eigenvalue weighted by Gasteiger charge is -2.22. The molecule has 1 nitrogen and oxygen atoms in total. The molecule has 0 saturated carbocycles. The van der Waals surface area contributed by atoms with E-state index < -0.39 is 0 Å². The molecule has 0 aliphatic heterocycles. The summed E-state index contributed by atoms with van der Waals surface area (Å²) >= 11 is 0. The summed E-state index contributed by atoms with van der Waals surface area (Å²) in [5.74, 6) is -0.158. The van der Waals surface area contributed by atoms with E-state index in [1.165, 1.54) is 22.3 Å². The van der Waals surface area contributed by atoms with E-state index in [9.17, 15) is 4.39 Å². The maximum absolute atomic E-state index is 13.5. The number of nitrogens with one attached hydrogen (secondary N) is 1. The Hall–Kier alpha value is -1.67. The third-order valence-corrected chi connectivity index (χ3v) is 4.27. The number of hydrogen-bond acceptors (Lipinski definition) is 1. The van der Waals surface area contributed by atoms with E-state index in [1.807, 2.05) is 20.9 Å². The van der Waals surface area contributed by atoms with Gasteiger partial charge in [-0.1, -0.05) is 18.2 Å². The van der Waals surface area contributed by atoms with Gasteiger partial charge in [0.25, 0.3) is 0 Å². The predicted octanol–water partition coefficient (Wildman–Crippen LogP) is 4.56. The van der Waals surface area contributed by atoms with Gasteiger partial charge in [-0.05, 0) is 86.7 Å². The fraction of sp³-hybridized carbons (Fsp3) is 0.368. The first-order chi connectivity index (χ1) is 9.92. The van der Waals surface area contributed by atoms with Gasteiger partial charge in [0.1, 0.15) is 5.82 Å². The van der Waals surface area contributed by atoms with Crippen molar-refractivity contribution in [1.82, 2.24) is 5.32 Å². The molecule has 0 saturated heterocycles. The molecule has 0 spiro atoms. The van der Waals surface area contributed by atoms with Crippen LogP contribution in [-0.4, -0.2) is 7.05 Å². The number of benzene rings is 2. The number of aryl methyl sites for hydroxylation is 4. The molecule has 0 amide bonds. The molecule has 1 N–H and O–H groups in total. The molecule has 112 valence electrons. The Morgan fingerprint density at radius 2 is 1.52 bits per heavy atom. The highest BCUT2D eigenvalue weighted by molar-refractivity contribution is 5.39. The number of rotatable bonds is 4. The van der Waals surface area contributed by atoms with Crippen molar-refractivity contribution in [3.05, 3.63) is 69.5 Å². The van der Waals surface area contributed by atoms with E-state index in [4.69, 9.17) is 0 Å². The van der Waals surface area contributed by atoms with E-state index in [1.54, 1.807) is 12.1 Å². The van der Waals surface area contributed by atoms with Crippen molar-refractivity contribution in [3.63, 3.8) is 0 Å². The SMILES string of the molecule is CNC(Cc1ccc(C)c(C)c1)c1c(C)cc(F)cc1C. The second kappa shape index (κ2) is 6.40. The van der Waals surface area contributed by atoms with Crippen molar-refractivity contribution < 1.29 is 4.39 Å². The van der Waals surface area contributed by atoms with E-state index in [0.717, 1.165) is 17.5 Å². The van der Waals surface area contributed by atoms with Crippen LogP contribution in [0.4, 0.5) is 4.39 Å². The largest absolute Gasteiger partial charge is 0.313 e. The third kappa shape index (κ3) is 3.51. The smallest absolute Gasteiger partial charge is 0.123 e. The van der Waals surface area contributed by atoms with Gasteiger partial charge in [-0.25, -0.2) is 4.39 Å². The molecule has 1 unspecified atom stereocenters. The Morgan fingerprint density at radius 1 is 0.905 bits per heavy atom. The van der Waals surface area contributed by atoms with Crippen LogP contribution in [0, 0.1) is 33.5 Å². The topological polar surface area (TPSA) is 12.0 Å². The molecule has 2 heteroatoms. The maximum atomic E-state index is 13.5. The lowest BCUT2D eigenvalue weighted by atomic mass is 9.91. The van der Waals surface area contributed by atoms with E-state index in [0.29, 0.717) is 0 Å². The molecular weight excluding hydrogens is 261 g/mol. The Balaban J connectivity index is 2.34. The summed E-state index contributed by atoms with van der Waals surface area (Å²) in [6.45, 7) is 8.23. The first-order valence-electron chi connectivity index (χ1n) is 7.42. The van der Waals surface area contributed by atoms with Crippen LogP contribution in [0.5, 0.6) is 0 Å². The van der Waals surface area contributed by atoms with Gasteiger partial charge in [0, 0.05) is 6.04 Å². The Kier molecular flexibility index (Phi) is 4.79. The average Bonchev–Trinajstić information content (AvgIpc) is 2.40. The summed E-state index contributed by atoms with van der Waals surface area (Å²) < 4.78 is 13.5. The molecule has 0 bridgehead atoms. The minimum absolute atomic E-state index is 0.158. The molecule has 2 aromatic carbocycles. The highest BCUT2D eigenvalue weighted by Crippen LogP contribution is 2.26. The van der Waals surface area contributed by atoms with Crippen LogP contribution >= 0.6 is 0 Å². The first kappa shape index (κ1) is 15.7. The van der Waals surface area contributed by atoms with Gasteiger partial charge in [0.05, 0.1) is 0 Å². The van der Waals surface area contributed by atoms with Crippen LogP contribution in [0.2, 0.25) is 0 Å². The molecule has 21 heavy (non-hydrogen) atoms. The Morgan fingerprint density at radius 3 is 2.05 bits per heavy atom. The van der Waals surface area contributed by atoms with Crippen LogP contribution in [0.1, 0.15) is 39.4 Å². The molecule has 0 radical (unpaired) electrons. The van der Waals surface area contributed by atoms with E-state index >= 15 is 0 Å². The number of hydrogen-bond donors (Lipinski definition) is 1. The number of likely N-dealkylation sites (N-methyl/N-ethyl adjacent to an activating group) is 1. The average molecular weight is 285 g/mol. The van der Waals surface area contributed by atoms with Crippen molar-refractivity contribution in [2.45, 2.75) is 40.2 Å². The van der Waals surface area contributed by atoms with Crippen molar-refractivity contribution >= 4 is 0 Å². The molecule has 2 aromatic rings. The normalized spacial score (nSPS) is 12.5. The zero-order chi connectivity index (χ0) is 15.6. The fourth-order valence-electron chi connectivity index (χ4n) is 2.99. The van der Waals surface area contributed by atoms with Gasteiger partial charge in [0.2, 0.25) is 0 Å². The quantitative estimate of drug-likeness (QED) is 0.868. The van der Waals surface area contributed by atoms with Gasteiger partial charge in [-0.2, -0.15) is 0 Å². The van der Waals surface area contributed by atoms with Gasteiger partial charge in [-0.15, -0.1) is 0 Å². The molecule has 0 aromatic heterocycles. The standard InChI is InChI=1S/C19H24FN/c1-12-6-7-16(8-13(12)2)11-18(21-5)19-14(3)9-17(20)10-15(19)4/h6-10,18,21H,11H2,1-5H3. The highest BCUT2D eigenvalue weighted by atomic mass is 19.1. The van der Waals surface area contributed by atoms with Crippen LogP contribution < -0.4 is 5.32 Å². The summed E-state index contributed by atoms with van der Waals surface area (Å²) in [6, 6.07) is 10.0. The van der Waals surface area contributed by atoms with Crippen LogP contribution in [-0.2, 0) is 6.42 Å². The molecule has 0 fully saturated rings. The highest BCUT2D eigenvalue weighted by Gasteiger charge is 2.16. The van der Waals surface area contributed by atoms with Crippen LogP contribution in [0.15, 0.2) is 30.3 Å². The lowest BCUT2D eigenvalue weighted by Crippen LogP contribution is -2.21. The monoisotopic (exact) mass is 285 g/mol. The Labute approximate surface area is 127 Å². The molecule has 1 atom stereocenters. The molecule has 2 rings (SSSR count). The van der Waals surface area contributed by atoms with Gasteiger partial charge in [-0.3, -0.25) is 0 Å². The summed E-state index contributed by atoms with van der Waals surface area (Å²) in [4.78, 5) is 0. The molecule has 0 heterocycles. The van der Waals surface area contributed by atoms with Gasteiger partial charge in [0.15, 0.2) is 0 Å². The Bertz CT molecular complexity index is 623.